The van der Waals surface area contributed by atoms with E-state index in [1.54, 1.807) is 0 Å². The van der Waals surface area contributed by atoms with Gasteiger partial charge in [0, 0.05) is 13.1 Å². The molecule has 174 valence electrons. The number of nitrogens with one attached hydrogen (secondary N) is 1. The topological polar surface area (TPSA) is 176 Å². The fourth-order valence-electron chi connectivity index (χ4n) is 4.06. The van der Waals surface area contributed by atoms with Gasteiger partial charge >= 0.3 is 5.97 Å². The first kappa shape index (κ1) is 24.9. The van der Waals surface area contributed by atoms with Crippen molar-refractivity contribution in [2.24, 2.45) is 11.5 Å². The summed E-state index contributed by atoms with van der Waals surface area (Å²) < 4.78 is 0. The summed E-state index contributed by atoms with van der Waals surface area (Å²) in [5.41, 5.74) is 10.9. The molecule has 2 aliphatic heterocycles. The Hall–Kier alpha value is -2.34. The number of aliphatic carboxylic acids is 1. The lowest BCUT2D eigenvalue weighted by Gasteiger charge is -2.32. The normalized spacial score (nSPS) is 22.8. The van der Waals surface area contributed by atoms with Gasteiger partial charge in [-0.1, -0.05) is 0 Å². The predicted molar refractivity (Wildman–Crippen MR) is 114 cm³/mol. The second-order valence-corrected chi connectivity index (χ2v) is 8.82. The molecule has 0 aromatic carbocycles. The van der Waals surface area contributed by atoms with Gasteiger partial charge in [-0.05, 0) is 44.1 Å². The first-order chi connectivity index (χ1) is 14.7. The Bertz CT molecular complexity index is 720. The minimum Gasteiger partial charge on any atom is -0.480 e. The van der Waals surface area contributed by atoms with E-state index in [-0.39, 0.29) is 18.7 Å². The largest absolute Gasteiger partial charge is 0.480 e. The number of nitrogens with two attached hydrogens (primary N) is 2. The predicted octanol–water partition coefficient (Wildman–Crippen LogP) is -1.51. The maximum Gasteiger partial charge on any atom is 0.326 e. The summed E-state index contributed by atoms with van der Waals surface area (Å²) in [7, 11) is 0. The summed E-state index contributed by atoms with van der Waals surface area (Å²) in [5.74, 6) is -2.61. The summed E-state index contributed by atoms with van der Waals surface area (Å²) in [6, 6.07) is -3.67. The summed E-state index contributed by atoms with van der Waals surface area (Å²) >= 11 is 1.48. The Morgan fingerprint density at radius 2 is 1.71 bits per heavy atom. The molecule has 2 fully saturated rings. The van der Waals surface area contributed by atoms with Gasteiger partial charge in [-0.15, -0.1) is 0 Å². The minimum atomic E-state index is -1.12. The lowest BCUT2D eigenvalue weighted by molar-refractivity contribution is -0.148. The number of thioether (sulfide) groups is 1. The maximum atomic E-state index is 13.2. The third-order valence-corrected chi connectivity index (χ3v) is 6.27. The lowest BCUT2D eigenvalue weighted by atomic mass is 10.1. The van der Waals surface area contributed by atoms with Crippen molar-refractivity contribution < 1.29 is 29.1 Å². The van der Waals surface area contributed by atoms with Crippen molar-refractivity contribution in [3.05, 3.63) is 0 Å². The molecule has 2 rings (SSSR count). The lowest BCUT2D eigenvalue weighted by Crippen LogP contribution is -2.56. The number of primary amides is 1. The van der Waals surface area contributed by atoms with Gasteiger partial charge in [0.15, 0.2) is 0 Å². The van der Waals surface area contributed by atoms with Crippen molar-refractivity contribution in [1.29, 1.82) is 0 Å². The zero-order valence-electron chi connectivity index (χ0n) is 17.6. The van der Waals surface area contributed by atoms with Crippen LogP contribution in [0.1, 0.15) is 38.5 Å². The van der Waals surface area contributed by atoms with E-state index in [4.69, 9.17) is 11.5 Å². The van der Waals surface area contributed by atoms with Crippen LogP contribution < -0.4 is 16.8 Å². The monoisotopic (exact) mass is 457 g/mol. The van der Waals surface area contributed by atoms with Crippen molar-refractivity contribution in [3.63, 3.8) is 0 Å². The number of carbonyl (C=O) groups excluding carboxylic acids is 4. The first-order valence-electron chi connectivity index (χ1n) is 10.3. The average Bonchev–Trinajstić information content (AvgIpc) is 3.38. The molecule has 0 radical (unpaired) electrons. The molecule has 12 heteroatoms. The van der Waals surface area contributed by atoms with Gasteiger partial charge in [0.05, 0.1) is 12.5 Å². The van der Waals surface area contributed by atoms with Gasteiger partial charge in [-0.2, -0.15) is 11.8 Å². The Morgan fingerprint density at radius 3 is 2.29 bits per heavy atom. The van der Waals surface area contributed by atoms with Crippen molar-refractivity contribution in [2.45, 2.75) is 62.7 Å². The second-order valence-electron chi connectivity index (χ2n) is 7.84. The van der Waals surface area contributed by atoms with Crippen LogP contribution in [0, 0.1) is 0 Å². The third kappa shape index (κ3) is 6.33. The van der Waals surface area contributed by atoms with Crippen molar-refractivity contribution in [3.8, 4) is 0 Å². The maximum absolute atomic E-state index is 13.2. The number of carboxylic acids is 1. The molecule has 2 saturated heterocycles. The molecule has 4 atom stereocenters. The number of hydrogen-bond acceptors (Lipinski definition) is 7. The summed E-state index contributed by atoms with van der Waals surface area (Å²) in [4.78, 5) is 63.9. The molecule has 6 N–H and O–H groups in total. The number of rotatable bonds is 10. The second kappa shape index (κ2) is 11.3. The van der Waals surface area contributed by atoms with Crippen LogP contribution in [0.25, 0.3) is 0 Å². The van der Waals surface area contributed by atoms with E-state index in [0.717, 1.165) is 0 Å². The van der Waals surface area contributed by atoms with Crippen LogP contribution in [0.5, 0.6) is 0 Å². The molecule has 0 saturated carbocycles. The standard InChI is InChI=1S/C19H31N5O6S/c1-31-9-6-12(19(29)30)22-16(26)13-4-2-7-23(13)18(28)14-5-3-8-24(14)17(27)11(20)10-15(21)25/h11-14H,2-10,20H2,1H3,(H2,21,25)(H,22,26)(H,29,30). The van der Waals surface area contributed by atoms with Crippen molar-refractivity contribution in [2.75, 3.05) is 25.1 Å². The van der Waals surface area contributed by atoms with Gasteiger partial charge in [-0.25, -0.2) is 4.79 Å². The minimum absolute atomic E-state index is 0.283. The van der Waals surface area contributed by atoms with Crippen LogP contribution in [-0.4, -0.2) is 93.8 Å². The Labute approximate surface area is 185 Å². The molecule has 0 aliphatic carbocycles. The number of carboxylic acid groups (broad SMARTS) is 1. The number of nitrogens with zero attached hydrogens (tertiary/aromatic N) is 2. The molecular weight excluding hydrogens is 426 g/mol. The molecule has 2 aliphatic rings. The number of hydrogen-bond donors (Lipinski definition) is 4. The van der Waals surface area contributed by atoms with Crippen LogP contribution >= 0.6 is 11.8 Å². The van der Waals surface area contributed by atoms with Crippen LogP contribution in [0.3, 0.4) is 0 Å². The third-order valence-electron chi connectivity index (χ3n) is 5.62. The summed E-state index contributed by atoms with van der Waals surface area (Å²) in [5, 5.41) is 11.9. The molecule has 4 unspecified atom stereocenters. The zero-order valence-corrected chi connectivity index (χ0v) is 18.4. The number of carbonyl (C=O) groups is 5. The van der Waals surface area contributed by atoms with E-state index in [1.165, 1.54) is 21.6 Å². The summed E-state index contributed by atoms with van der Waals surface area (Å²) in [6.07, 6.45) is 3.89. The molecule has 2 heterocycles. The van der Waals surface area contributed by atoms with E-state index >= 15 is 0 Å². The molecule has 4 amide bonds. The SMILES string of the molecule is CSCCC(NC(=O)C1CCCN1C(=O)C1CCCN1C(=O)C(N)CC(N)=O)C(=O)O. The Balaban J connectivity index is 2.07. The van der Waals surface area contributed by atoms with Crippen LogP contribution in [-0.2, 0) is 24.0 Å². The highest BCUT2D eigenvalue weighted by atomic mass is 32.2. The molecule has 0 bridgehead atoms. The van der Waals surface area contributed by atoms with Gasteiger partial charge in [-0.3, -0.25) is 19.2 Å². The van der Waals surface area contributed by atoms with E-state index in [1.807, 2.05) is 6.26 Å². The molecule has 0 spiro atoms. The highest BCUT2D eigenvalue weighted by molar-refractivity contribution is 7.98. The first-order valence-corrected chi connectivity index (χ1v) is 11.7. The average molecular weight is 458 g/mol. The van der Waals surface area contributed by atoms with E-state index < -0.39 is 47.9 Å². The Morgan fingerprint density at radius 1 is 1.10 bits per heavy atom. The molecule has 0 aromatic heterocycles. The van der Waals surface area contributed by atoms with Gasteiger partial charge in [0.25, 0.3) is 0 Å². The molecule has 0 aromatic rings. The summed E-state index contributed by atoms with van der Waals surface area (Å²) in [6.45, 7) is 0.688. The van der Waals surface area contributed by atoms with Gasteiger partial charge < -0.3 is 31.7 Å². The van der Waals surface area contributed by atoms with E-state index in [2.05, 4.69) is 5.32 Å². The number of amides is 4. The quantitative estimate of drug-likeness (QED) is 0.306. The smallest absolute Gasteiger partial charge is 0.326 e. The van der Waals surface area contributed by atoms with Gasteiger partial charge in [0.2, 0.25) is 23.6 Å². The highest BCUT2D eigenvalue weighted by Crippen LogP contribution is 2.25. The van der Waals surface area contributed by atoms with Crippen LogP contribution in [0.15, 0.2) is 0 Å². The van der Waals surface area contributed by atoms with Crippen molar-refractivity contribution in [1.82, 2.24) is 15.1 Å². The van der Waals surface area contributed by atoms with Crippen molar-refractivity contribution >= 4 is 41.4 Å². The van der Waals surface area contributed by atoms with Gasteiger partial charge in [0.1, 0.15) is 18.1 Å². The van der Waals surface area contributed by atoms with Crippen LogP contribution in [0.4, 0.5) is 0 Å². The highest BCUT2D eigenvalue weighted by Gasteiger charge is 2.43. The molecule has 11 nitrogen and oxygen atoms in total. The fourth-order valence-corrected chi connectivity index (χ4v) is 4.53. The number of likely N-dealkylation sites (tertiary alicyclic amines) is 2. The van der Waals surface area contributed by atoms with Crippen LogP contribution in [0.2, 0.25) is 0 Å². The zero-order chi connectivity index (χ0) is 23.1. The fraction of sp³-hybridized carbons (Fsp3) is 0.737. The Kier molecular flexibility index (Phi) is 9.11. The van der Waals surface area contributed by atoms with E-state index in [9.17, 15) is 29.1 Å². The molecular formula is C19H31N5O6S. The molecule has 31 heavy (non-hydrogen) atoms. The van der Waals surface area contributed by atoms with E-state index in [0.29, 0.717) is 44.5 Å².